The van der Waals surface area contributed by atoms with E-state index in [0.717, 1.165) is 49.7 Å². The Balaban J connectivity index is 1.08. The number of benzene rings is 6. The number of thioether (sulfide) groups is 1. The summed E-state index contributed by atoms with van der Waals surface area (Å²) in [6.07, 6.45) is 1.73. The van der Waals surface area contributed by atoms with Gasteiger partial charge in [-0.1, -0.05) is 115 Å². The predicted molar refractivity (Wildman–Crippen MR) is 181 cm³/mol. The highest BCUT2D eigenvalue weighted by Crippen LogP contribution is 2.28. The Kier molecular flexibility index (Phi) is 7.72. The average molecular weight is 593 g/mol. The van der Waals surface area contributed by atoms with Crippen LogP contribution in [0.4, 0.5) is 5.69 Å². The molecule has 44 heavy (non-hydrogen) atoms. The van der Waals surface area contributed by atoms with Crippen LogP contribution in [0, 0.1) is 0 Å². The second-order valence-corrected chi connectivity index (χ2v) is 11.2. The molecular formula is C36H28N6OS. The zero-order valence-electron chi connectivity index (χ0n) is 23.7. The second-order valence-electron chi connectivity index (χ2n) is 10.3. The van der Waals surface area contributed by atoms with Crippen molar-refractivity contribution < 1.29 is 4.79 Å². The van der Waals surface area contributed by atoms with Crippen molar-refractivity contribution in [1.29, 1.82) is 0 Å². The van der Waals surface area contributed by atoms with Crippen LogP contribution < -0.4 is 10.7 Å². The number of hydrogen-bond acceptors (Lipinski definition) is 6. The first-order valence-corrected chi connectivity index (χ1v) is 15.3. The zero-order valence-corrected chi connectivity index (χ0v) is 24.5. The third kappa shape index (κ3) is 5.63. The van der Waals surface area contributed by atoms with Gasteiger partial charge in [0, 0.05) is 22.3 Å². The molecule has 2 N–H and O–H groups in total. The number of aromatic nitrogens is 3. The normalized spacial score (nSPS) is 11.5. The zero-order chi connectivity index (χ0) is 29.7. The molecule has 0 atom stereocenters. The monoisotopic (exact) mass is 592 g/mol. The van der Waals surface area contributed by atoms with Crippen molar-refractivity contribution in [2.45, 2.75) is 11.7 Å². The molecule has 1 heterocycles. The lowest BCUT2D eigenvalue weighted by Gasteiger charge is -2.12. The minimum Gasteiger partial charge on any atom is -0.377 e. The third-order valence-electron chi connectivity index (χ3n) is 7.47. The van der Waals surface area contributed by atoms with E-state index in [2.05, 4.69) is 80.6 Å². The Hall–Kier alpha value is -5.47. The Bertz CT molecular complexity index is 2080. The summed E-state index contributed by atoms with van der Waals surface area (Å²) in [5.41, 5.74) is 5.62. The molecule has 0 fully saturated rings. The van der Waals surface area contributed by atoms with E-state index in [1.165, 1.54) is 17.1 Å². The van der Waals surface area contributed by atoms with Gasteiger partial charge in [-0.05, 0) is 51.2 Å². The third-order valence-corrected chi connectivity index (χ3v) is 8.40. The van der Waals surface area contributed by atoms with Crippen LogP contribution in [-0.4, -0.2) is 32.6 Å². The molecule has 1 aromatic heterocycles. The number of carbonyl (C=O) groups is 1. The van der Waals surface area contributed by atoms with E-state index >= 15 is 0 Å². The number of nitrogens with zero attached hydrogens (tertiary/aromatic N) is 4. The summed E-state index contributed by atoms with van der Waals surface area (Å²) in [5, 5.41) is 24.2. The molecule has 8 heteroatoms. The fraction of sp³-hybridized carbons (Fsp3) is 0.0556. The van der Waals surface area contributed by atoms with Crippen molar-refractivity contribution in [3.8, 4) is 5.69 Å². The first-order chi connectivity index (χ1) is 21.7. The van der Waals surface area contributed by atoms with Crippen LogP contribution in [0.2, 0.25) is 0 Å². The lowest BCUT2D eigenvalue weighted by molar-refractivity contribution is -0.118. The smallest absolute Gasteiger partial charge is 0.250 e. The topological polar surface area (TPSA) is 84.2 Å². The number of fused-ring (bicyclic) bond motifs is 3. The van der Waals surface area contributed by atoms with Crippen LogP contribution in [0.3, 0.4) is 0 Å². The van der Waals surface area contributed by atoms with E-state index in [0.29, 0.717) is 11.7 Å². The number of anilines is 1. The van der Waals surface area contributed by atoms with E-state index in [4.69, 9.17) is 0 Å². The molecule has 0 aliphatic rings. The Morgan fingerprint density at radius 2 is 1.36 bits per heavy atom. The molecule has 0 saturated carbocycles. The summed E-state index contributed by atoms with van der Waals surface area (Å²) < 4.78 is 1.99. The average Bonchev–Trinajstić information content (AvgIpc) is 3.49. The number of para-hydroxylation sites is 1. The van der Waals surface area contributed by atoms with Gasteiger partial charge in [0.15, 0.2) is 11.0 Å². The summed E-state index contributed by atoms with van der Waals surface area (Å²) in [6.45, 7) is 0.464. The van der Waals surface area contributed by atoms with Crippen LogP contribution in [-0.2, 0) is 11.3 Å². The van der Waals surface area contributed by atoms with Crippen molar-refractivity contribution in [2.75, 3.05) is 11.1 Å². The van der Waals surface area contributed by atoms with Gasteiger partial charge in [0.05, 0.1) is 18.5 Å². The molecule has 7 aromatic rings. The fourth-order valence-corrected chi connectivity index (χ4v) is 6.18. The van der Waals surface area contributed by atoms with Gasteiger partial charge in [0.1, 0.15) is 0 Å². The number of amides is 1. The summed E-state index contributed by atoms with van der Waals surface area (Å²) >= 11 is 1.32. The molecule has 7 rings (SSSR count). The van der Waals surface area contributed by atoms with Crippen LogP contribution in [0.25, 0.3) is 38.0 Å². The van der Waals surface area contributed by atoms with Gasteiger partial charge in [0.25, 0.3) is 5.91 Å². The van der Waals surface area contributed by atoms with Crippen LogP contribution in [0.1, 0.15) is 11.4 Å². The molecule has 1 amide bonds. The molecule has 0 spiro atoms. The molecule has 0 aliphatic heterocycles. The van der Waals surface area contributed by atoms with Gasteiger partial charge in [-0.15, -0.1) is 10.2 Å². The molecule has 0 saturated heterocycles. The SMILES string of the molecule is O=C(CSc1nnc(CNc2cccc3ccccc23)n1-c1ccccc1)NN=Cc1c2ccccc2cc2ccccc12. The highest BCUT2D eigenvalue weighted by atomic mass is 32.2. The predicted octanol–water partition coefficient (Wildman–Crippen LogP) is 7.58. The van der Waals surface area contributed by atoms with Crippen molar-refractivity contribution in [3.63, 3.8) is 0 Å². The quantitative estimate of drug-likeness (QED) is 0.0781. The van der Waals surface area contributed by atoms with Crippen molar-refractivity contribution in [3.05, 3.63) is 139 Å². The summed E-state index contributed by atoms with van der Waals surface area (Å²) in [4.78, 5) is 12.9. The maximum atomic E-state index is 12.9. The molecule has 6 aromatic carbocycles. The number of hydrogen-bond donors (Lipinski definition) is 2. The maximum Gasteiger partial charge on any atom is 0.250 e. The standard InChI is InChI=1S/C36H28N6OS/c43-35(40-38-22-32-29-17-7-5-12-26(29)21-27-13-6-8-18-30(27)32)24-44-36-41-39-34(42(36)28-15-2-1-3-16-28)23-37-33-20-10-14-25-11-4-9-19-31(25)33/h1-22,37H,23-24H2,(H,40,43). The lowest BCUT2D eigenvalue weighted by Crippen LogP contribution is -2.20. The molecule has 214 valence electrons. The van der Waals surface area contributed by atoms with E-state index in [-0.39, 0.29) is 11.7 Å². The van der Waals surface area contributed by atoms with Gasteiger partial charge in [-0.25, -0.2) is 5.43 Å². The van der Waals surface area contributed by atoms with E-state index in [1.807, 2.05) is 77.4 Å². The van der Waals surface area contributed by atoms with Crippen LogP contribution in [0.5, 0.6) is 0 Å². The Morgan fingerprint density at radius 1 is 0.727 bits per heavy atom. The van der Waals surface area contributed by atoms with Gasteiger partial charge in [-0.3, -0.25) is 9.36 Å². The summed E-state index contributed by atoms with van der Waals surface area (Å²) in [7, 11) is 0. The molecule has 0 bridgehead atoms. The van der Waals surface area contributed by atoms with Crippen LogP contribution in [0.15, 0.2) is 138 Å². The van der Waals surface area contributed by atoms with E-state index < -0.39 is 0 Å². The first kappa shape index (κ1) is 27.4. The van der Waals surface area contributed by atoms with Crippen molar-refractivity contribution in [2.24, 2.45) is 5.10 Å². The number of rotatable bonds is 9. The molecule has 0 unspecified atom stereocenters. The maximum absolute atomic E-state index is 12.9. The minimum atomic E-state index is -0.228. The summed E-state index contributed by atoms with van der Waals surface area (Å²) in [5.74, 6) is 0.650. The van der Waals surface area contributed by atoms with Gasteiger partial charge in [-0.2, -0.15) is 5.10 Å². The Morgan fingerprint density at radius 3 is 2.11 bits per heavy atom. The first-order valence-electron chi connectivity index (χ1n) is 14.3. The number of carbonyl (C=O) groups excluding carboxylic acids is 1. The van der Waals surface area contributed by atoms with Crippen molar-refractivity contribution in [1.82, 2.24) is 20.2 Å². The van der Waals surface area contributed by atoms with E-state index in [1.54, 1.807) is 6.21 Å². The van der Waals surface area contributed by atoms with Gasteiger partial charge in [0.2, 0.25) is 0 Å². The number of nitrogens with one attached hydrogen (secondary N) is 2. The second kappa shape index (κ2) is 12.4. The van der Waals surface area contributed by atoms with E-state index in [9.17, 15) is 4.79 Å². The number of hydrazone groups is 1. The van der Waals surface area contributed by atoms with Gasteiger partial charge < -0.3 is 5.32 Å². The molecule has 0 radical (unpaired) electrons. The summed E-state index contributed by atoms with van der Waals surface area (Å²) in [6, 6.07) is 43.0. The molecule has 0 aliphatic carbocycles. The highest BCUT2D eigenvalue weighted by molar-refractivity contribution is 7.99. The largest absolute Gasteiger partial charge is 0.377 e. The lowest BCUT2D eigenvalue weighted by atomic mass is 9.97. The van der Waals surface area contributed by atoms with Crippen LogP contribution >= 0.6 is 11.8 Å². The minimum absolute atomic E-state index is 0.134. The highest BCUT2D eigenvalue weighted by Gasteiger charge is 2.16. The fourth-order valence-electron chi connectivity index (χ4n) is 5.42. The Labute approximate surface area is 258 Å². The molecular weight excluding hydrogens is 565 g/mol. The van der Waals surface area contributed by atoms with Gasteiger partial charge >= 0.3 is 0 Å². The van der Waals surface area contributed by atoms with Crippen molar-refractivity contribution >= 4 is 61.9 Å². The molecule has 7 nitrogen and oxygen atoms in total.